The predicted octanol–water partition coefficient (Wildman–Crippen LogP) is 2.16. The van der Waals surface area contributed by atoms with Crippen LogP contribution in [-0.2, 0) is 23.7 Å². The summed E-state index contributed by atoms with van der Waals surface area (Å²) in [5.41, 5.74) is 0. The Labute approximate surface area is 169 Å². The lowest BCUT2D eigenvalue weighted by atomic mass is 9.54. The predicted molar refractivity (Wildman–Crippen MR) is 104 cm³/mol. The molecule has 3 aliphatic carbocycles. The molecular weight excluding hydrogens is 358 g/mol. The highest BCUT2D eigenvalue weighted by atomic mass is 16.7. The molecule has 6 nitrogen and oxygen atoms in total. The number of piperidine rings is 1. The Morgan fingerprint density at radius 2 is 1.54 bits per heavy atom. The number of hydrogen-bond acceptors (Lipinski definition) is 6. The van der Waals surface area contributed by atoms with Gasteiger partial charge in [0, 0.05) is 46.3 Å². The Kier molecular flexibility index (Phi) is 5.48. The van der Waals surface area contributed by atoms with Crippen molar-refractivity contribution in [2.45, 2.75) is 68.7 Å². The molecule has 0 aromatic carbocycles. The third kappa shape index (κ3) is 2.98. The van der Waals surface area contributed by atoms with Gasteiger partial charge >= 0.3 is 0 Å². The van der Waals surface area contributed by atoms with Crippen molar-refractivity contribution >= 4 is 0 Å². The smallest absolute Gasteiger partial charge is 0.147 e. The quantitative estimate of drug-likeness (QED) is 0.730. The third-order valence-electron chi connectivity index (χ3n) is 8.94. The number of likely N-dealkylation sites (tertiary alicyclic amines) is 1. The molecule has 28 heavy (non-hydrogen) atoms. The second kappa shape index (κ2) is 7.78. The van der Waals surface area contributed by atoms with Crippen LogP contribution in [0.5, 0.6) is 0 Å². The summed E-state index contributed by atoms with van der Waals surface area (Å²) in [4.78, 5) is 2.65. The van der Waals surface area contributed by atoms with Crippen molar-refractivity contribution in [2.75, 3.05) is 41.7 Å². The maximum Gasteiger partial charge on any atom is 0.147 e. The summed E-state index contributed by atoms with van der Waals surface area (Å²) < 4.78 is 29.7. The number of fused-ring (bicyclic) bond motifs is 7. The van der Waals surface area contributed by atoms with E-state index in [1.807, 2.05) is 21.3 Å². The Morgan fingerprint density at radius 1 is 0.786 bits per heavy atom. The first-order valence-electron chi connectivity index (χ1n) is 11.2. The van der Waals surface area contributed by atoms with Crippen LogP contribution in [0, 0.1) is 29.6 Å². The Hall–Kier alpha value is -0.240. The fourth-order valence-electron chi connectivity index (χ4n) is 7.87. The van der Waals surface area contributed by atoms with Crippen molar-refractivity contribution < 1.29 is 23.7 Å². The van der Waals surface area contributed by atoms with Crippen LogP contribution in [0.3, 0.4) is 0 Å². The van der Waals surface area contributed by atoms with Gasteiger partial charge in [-0.1, -0.05) is 0 Å². The molecule has 2 aliphatic heterocycles. The van der Waals surface area contributed by atoms with Crippen LogP contribution in [0.1, 0.15) is 32.1 Å². The lowest BCUT2D eigenvalue weighted by Gasteiger charge is -2.60. The van der Waals surface area contributed by atoms with Gasteiger partial charge in [-0.3, -0.25) is 0 Å². The van der Waals surface area contributed by atoms with Gasteiger partial charge in [-0.2, -0.15) is 0 Å². The molecule has 0 amide bonds. The molecule has 5 aliphatic rings. The second-order valence-corrected chi connectivity index (χ2v) is 9.82. The molecule has 0 spiro atoms. The largest absolute Gasteiger partial charge is 0.381 e. The van der Waals surface area contributed by atoms with Crippen LogP contribution in [0.2, 0.25) is 0 Å². The van der Waals surface area contributed by atoms with E-state index in [0.29, 0.717) is 42.6 Å². The van der Waals surface area contributed by atoms with Gasteiger partial charge in [0.2, 0.25) is 0 Å². The van der Waals surface area contributed by atoms with Crippen LogP contribution in [0.25, 0.3) is 0 Å². The van der Waals surface area contributed by atoms with Crippen molar-refractivity contribution in [3.63, 3.8) is 0 Å². The van der Waals surface area contributed by atoms with Crippen molar-refractivity contribution in [1.82, 2.24) is 4.90 Å². The number of rotatable bonds is 3. The van der Waals surface area contributed by atoms with Gasteiger partial charge < -0.3 is 28.6 Å². The van der Waals surface area contributed by atoms with Crippen molar-refractivity contribution in [3.8, 4) is 0 Å². The van der Waals surface area contributed by atoms with Gasteiger partial charge in [0.25, 0.3) is 0 Å². The van der Waals surface area contributed by atoms with Crippen LogP contribution >= 0.6 is 0 Å². The number of hydrogen-bond donors (Lipinski definition) is 0. The maximum atomic E-state index is 6.08. The van der Waals surface area contributed by atoms with E-state index in [1.165, 1.54) is 12.8 Å². The minimum atomic E-state index is 0.211. The fraction of sp³-hybridized carbons (Fsp3) is 1.00. The molecule has 0 radical (unpaired) electrons. The maximum absolute atomic E-state index is 6.08. The van der Waals surface area contributed by atoms with E-state index in [-0.39, 0.29) is 24.4 Å². The summed E-state index contributed by atoms with van der Waals surface area (Å²) >= 11 is 0. The van der Waals surface area contributed by atoms with Crippen molar-refractivity contribution in [3.05, 3.63) is 0 Å². The summed E-state index contributed by atoms with van der Waals surface area (Å²) in [6, 6.07) is 0.618. The summed E-state index contributed by atoms with van der Waals surface area (Å²) in [7, 11) is 7.91. The summed E-state index contributed by atoms with van der Waals surface area (Å²) in [6.07, 6.45) is 7.05. The van der Waals surface area contributed by atoms with Crippen molar-refractivity contribution in [1.29, 1.82) is 0 Å². The number of ether oxygens (including phenoxy) is 5. The monoisotopic (exact) mass is 395 g/mol. The van der Waals surface area contributed by atoms with Crippen LogP contribution in [0.4, 0.5) is 0 Å². The van der Waals surface area contributed by atoms with Gasteiger partial charge in [0.1, 0.15) is 6.79 Å². The molecule has 2 heterocycles. The van der Waals surface area contributed by atoms with E-state index in [1.54, 1.807) is 0 Å². The number of nitrogens with zero attached hydrogens (tertiary/aromatic N) is 1. The van der Waals surface area contributed by atoms with E-state index in [4.69, 9.17) is 23.7 Å². The van der Waals surface area contributed by atoms with Crippen molar-refractivity contribution in [2.24, 2.45) is 29.6 Å². The molecule has 0 aromatic heterocycles. The standard InChI is InChI=1S/C22H37NO5/c1-23-10-15-20(18(26-4)9-19-22(15)28-11-27-19)13-6-5-12-7-16(24-2)17(25-3)8-14(12)21(13)23/h12-22H,5-11H2,1-4H3. The average Bonchev–Trinajstić information content (AvgIpc) is 3.20. The summed E-state index contributed by atoms with van der Waals surface area (Å²) in [5.74, 6) is 3.22. The van der Waals surface area contributed by atoms with Crippen LogP contribution in [0.15, 0.2) is 0 Å². The van der Waals surface area contributed by atoms with Gasteiger partial charge in [-0.05, 0) is 56.4 Å². The zero-order valence-corrected chi connectivity index (χ0v) is 17.8. The fourth-order valence-corrected chi connectivity index (χ4v) is 7.87. The molecule has 0 aromatic rings. The first kappa shape index (κ1) is 19.7. The second-order valence-electron chi connectivity index (χ2n) is 9.82. The Morgan fingerprint density at radius 3 is 2.29 bits per heavy atom. The molecule has 0 N–H and O–H groups in total. The molecule has 11 unspecified atom stereocenters. The lowest BCUT2D eigenvalue weighted by molar-refractivity contribution is -0.178. The van der Waals surface area contributed by atoms with E-state index < -0.39 is 0 Å². The van der Waals surface area contributed by atoms with Gasteiger partial charge in [0.15, 0.2) is 0 Å². The van der Waals surface area contributed by atoms with Gasteiger partial charge in [-0.15, -0.1) is 0 Å². The Balaban J connectivity index is 1.42. The molecule has 11 atom stereocenters. The van der Waals surface area contributed by atoms with E-state index in [9.17, 15) is 0 Å². The minimum absolute atomic E-state index is 0.211. The van der Waals surface area contributed by atoms with E-state index >= 15 is 0 Å². The highest BCUT2D eigenvalue weighted by Gasteiger charge is 2.59. The van der Waals surface area contributed by atoms with E-state index in [0.717, 1.165) is 31.7 Å². The normalized spacial score (nSPS) is 53.8. The molecule has 5 fully saturated rings. The molecule has 5 rings (SSSR count). The zero-order valence-electron chi connectivity index (χ0n) is 17.8. The molecule has 0 bridgehead atoms. The van der Waals surface area contributed by atoms with Crippen LogP contribution < -0.4 is 0 Å². The average molecular weight is 396 g/mol. The molecule has 6 heteroatoms. The molecule has 2 saturated heterocycles. The zero-order chi connectivity index (χ0) is 19.4. The molecular formula is C22H37NO5. The lowest BCUT2D eigenvalue weighted by Crippen LogP contribution is -2.66. The SMILES string of the molecule is COC1CC2CCC3C4C(OC)CC5OCOC5C4CN(C)C3C2CC1OC. The Bertz CT molecular complexity index is 561. The minimum Gasteiger partial charge on any atom is -0.381 e. The number of methoxy groups -OCH3 is 3. The highest BCUT2D eigenvalue weighted by molar-refractivity contribution is 5.09. The first-order valence-corrected chi connectivity index (χ1v) is 11.2. The summed E-state index contributed by atoms with van der Waals surface area (Å²) in [5, 5.41) is 0. The van der Waals surface area contributed by atoms with Gasteiger partial charge in [0.05, 0.1) is 30.5 Å². The van der Waals surface area contributed by atoms with Gasteiger partial charge in [-0.25, -0.2) is 0 Å². The van der Waals surface area contributed by atoms with Crippen LogP contribution in [-0.4, -0.2) is 83.2 Å². The first-order chi connectivity index (χ1) is 13.7. The highest BCUT2D eigenvalue weighted by Crippen LogP contribution is 2.55. The third-order valence-corrected chi connectivity index (χ3v) is 8.94. The molecule has 3 saturated carbocycles. The van der Waals surface area contributed by atoms with E-state index in [2.05, 4.69) is 11.9 Å². The summed E-state index contributed by atoms with van der Waals surface area (Å²) in [6.45, 7) is 1.54. The molecule has 160 valence electrons. The topological polar surface area (TPSA) is 49.4 Å².